The van der Waals surface area contributed by atoms with Gasteiger partial charge in [-0.05, 0) is 37.5 Å². The second kappa shape index (κ2) is 3.35. The van der Waals surface area contributed by atoms with E-state index in [1.165, 1.54) is 6.42 Å². The predicted molar refractivity (Wildman–Crippen MR) is 52.7 cm³/mol. The Labute approximate surface area is 75.7 Å². The zero-order valence-corrected chi connectivity index (χ0v) is 8.51. The van der Waals surface area contributed by atoms with Crippen molar-refractivity contribution < 1.29 is 0 Å². The van der Waals surface area contributed by atoms with E-state index in [4.69, 9.17) is 11.5 Å². The van der Waals surface area contributed by atoms with Crippen LogP contribution in [0, 0.1) is 11.3 Å². The van der Waals surface area contributed by atoms with Gasteiger partial charge in [-0.15, -0.1) is 0 Å². The van der Waals surface area contributed by atoms with Crippen molar-refractivity contribution in [1.29, 1.82) is 0 Å². The maximum atomic E-state index is 5.98. The quantitative estimate of drug-likeness (QED) is 0.626. The molecule has 0 aliphatic heterocycles. The number of nitrogens with two attached hydrogens (primary N) is 2. The van der Waals surface area contributed by atoms with Crippen LogP contribution in [0.3, 0.4) is 0 Å². The smallest absolute Gasteiger partial charge is 0.00471 e. The normalized spacial score (nSPS) is 37.8. The van der Waals surface area contributed by atoms with Crippen molar-refractivity contribution in [2.24, 2.45) is 22.8 Å². The Morgan fingerprint density at radius 1 is 1.33 bits per heavy atom. The summed E-state index contributed by atoms with van der Waals surface area (Å²) in [4.78, 5) is 0. The fraction of sp³-hybridized carbons (Fsp3) is 1.00. The van der Waals surface area contributed by atoms with Gasteiger partial charge in [-0.3, -0.25) is 0 Å². The summed E-state index contributed by atoms with van der Waals surface area (Å²) in [7, 11) is 0. The molecule has 2 heteroatoms. The van der Waals surface area contributed by atoms with Crippen molar-refractivity contribution >= 4 is 0 Å². The topological polar surface area (TPSA) is 52.0 Å². The van der Waals surface area contributed by atoms with Crippen LogP contribution in [0.25, 0.3) is 0 Å². The molecular weight excluding hydrogens is 148 g/mol. The first-order chi connectivity index (χ1) is 5.41. The summed E-state index contributed by atoms with van der Waals surface area (Å²) in [5.74, 6) is 0.628. The van der Waals surface area contributed by atoms with Crippen LogP contribution in [0.1, 0.15) is 40.0 Å². The van der Waals surface area contributed by atoms with Crippen molar-refractivity contribution in [3.05, 3.63) is 0 Å². The molecule has 12 heavy (non-hydrogen) atoms. The predicted octanol–water partition coefficient (Wildman–Crippen LogP) is 1.49. The second-order valence-corrected chi connectivity index (χ2v) is 5.19. The molecule has 1 saturated carbocycles. The van der Waals surface area contributed by atoms with E-state index in [-0.39, 0.29) is 0 Å². The summed E-state index contributed by atoms with van der Waals surface area (Å²) in [6.07, 6.45) is 3.50. The Balaban J connectivity index is 2.58. The van der Waals surface area contributed by atoms with E-state index in [0.717, 1.165) is 12.8 Å². The van der Waals surface area contributed by atoms with E-state index < -0.39 is 0 Å². The molecule has 3 atom stereocenters. The highest BCUT2D eigenvalue weighted by atomic mass is 14.7. The van der Waals surface area contributed by atoms with E-state index in [1.807, 2.05) is 0 Å². The molecule has 0 bridgehead atoms. The zero-order chi connectivity index (χ0) is 9.35. The molecule has 4 N–H and O–H groups in total. The van der Waals surface area contributed by atoms with E-state index in [0.29, 0.717) is 23.4 Å². The lowest BCUT2D eigenvalue weighted by Gasteiger charge is -2.40. The number of hydrogen-bond donors (Lipinski definition) is 2. The van der Waals surface area contributed by atoms with Crippen LogP contribution < -0.4 is 11.5 Å². The van der Waals surface area contributed by atoms with Crippen LogP contribution in [0.15, 0.2) is 0 Å². The Morgan fingerprint density at radius 3 is 2.33 bits per heavy atom. The molecule has 0 heterocycles. The Morgan fingerprint density at radius 2 is 1.92 bits per heavy atom. The summed E-state index contributed by atoms with van der Waals surface area (Å²) < 4.78 is 0. The van der Waals surface area contributed by atoms with Gasteiger partial charge in [0.15, 0.2) is 0 Å². The molecule has 0 radical (unpaired) electrons. The van der Waals surface area contributed by atoms with Gasteiger partial charge in [-0.2, -0.15) is 0 Å². The van der Waals surface area contributed by atoms with Gasteiger partial charge in [0.05, 0.1) is 0 Å². The number of rotatable bonds is 1. The highest BCUT2D eigenvalue weighted by molar-refractivity contribution is 4.88. The van der Waals surface area contributed by atoms with Gasteiger partial charge in [0, 0.05) is 12.1 Å². The van der Waals surface area contributed by atoms with Gasteiger partial charge in [-0.1, -0.05) is 13.8 Å². The first kappa shape index (κ1) is 10.0. The summed E-state index contributed by atoms with van der Waals surface area (Å²) in [6, 6.07) is 0.667. The number of hydrogen-bond acceptors (Lipinski definition) is 2. The molecule has 72 valence electrons. The van der Waals surface area contributed by atoms with Crippen LogP contribution >= 0.6 is 0 Å². The van der Waals surface area contributed by atoms with Crippen molar-refractivity contribution in [2.45, 2.75) is 52.1 Å². The molecule has 3 unspecified atom stereocenters. The molecule has 0 aromatic heterocycles. The van der Waals surface area contributed by atoms with Crippen molar-refractivity contribution in [1.82, 2.24) is 0 Å². The third-order valence-corrected chi connectivity index (χ3v) is 2.98. The maximum absolute atomic E-state index is 5.98. The van der Waals surface area contributed by atoms with Gasteiger partial charge in [0.2, 0.25) is 0 Å². The molecule has 2 nitrogen and oxygen atoms in total. The standard InChI is InChI=1S/C10H22N2/c1-7(11)8-4-9(12)6-10(2,3)5-8/h7-9H,4-6,11-12H2,1-3H3. The van der Waals surface area contributed by atoms with E-state index in [9.17, 15) is 0 Å². The molecule has 0 amide bonds. The largest absolute Gasteiger partial charge is 0.328 e. The molecule has 1 aliphatic carbocycles. The minimum absolute atomic E-state index is 0.302. The lowest BCUT2D eigenvalue weighted by Crippen LogP contribution is -2.42. The van der Waals surface area contributed by atoms with Crippen LogP contribution in [-0.4, -0.2) is 12.1 Å². The first-order valence-electron chi connectivity index (χ1n) is 4.92. The summed E-state index contributed by atoms with van der Waals surface area (Å²) in [6.45, 7) is 6.68. The molecule has 1 fully saturated rings. The third kappa shape index (κ3) is 2.46. The minimum Gasteiger partial charge on any atom is -0.328 e. The molecule has 0 spiro atoms. The molecule has 0 aromatic carbocycles. The van der Waals surface area contributed by atoms with Gasteiger partial charge in [0.1, 0.15) is 0 Å². The lowest BCUT2D eigenvalue weighted by atomic mass is 9.68. The Bertz CT molecular complexity index is 152. The van der Waals surface area contributed by atoms with Gasteiger partial charge in [0.25, 0.3) is 0 Å². The van der Waals surface area contributed by atoms with Crippen LogP contribution in [0.5, 0.6) is 0 Å². The van der Waals surface area contributed by atoms with Gasteiger partial charge >= 0.3 is 0 Å². The molecule has 1 rings (SSSR count). The fourth-order valence-electron chi connectivity index (χ4n) is 2.46. The van der Waals surface area contributed by atoms with Gasteiger partial charge < -0.3 is 11.5 Å². The van der Waals surface area contributed by atoms with E-state index in [2.05, 4.69) is 20.8 Å². The van der Waals surface area contributed by atoms with Crippen molar-refractivity contribution in [3.63, 3.8) is 0 Å². The van der Waals surface area contributed by atoms with E-state index >= 15 is 0 Å². The molecule has 1 aliphatic rings. The Hall–Kier alpha value is -0.0800. The average molecular weight is 170 g/mol. The van der Waals surface area contributed by atoms with Crippen molar-refractivity contribution in [3.8, 4) is 0 Å². The van der Waals surface area contributed by atoms with Gasteiger partial charge in [-0.25, -0.2) is 0 Å². The van der Waals surface area contributed by atoms with E-state index in [1.54, 1.807) is 0 Å². The monoisotopic (exact) mass is 170 g/mol. The Kier molecular flexibility index (Phi) is 2.79. The zero-order valence-electron chi connectivity index (χ0n) is 8.51. The third-order valence-electron chi connectivity index (χ3n) is 2.98. The second-order valence-electron chi connectivity index (χ2n) is 5.19. The summed E-state index contributed by atoms with van der Waals surface area (Å²) >= 11 is 0. The first-order valence-corrected chi connectivity index (χ1v) is 4.92. The van der Waals surface area contributed by atoms with Crippen LogP contribution in [-0.2, 0) is 0 Å². The highest BCUT2D eigenvalue weighted by Gasteiger charge is 2.33. The lowest BCUT2D eigenvalue weighted by molar-refractivity contribution is 0.145. The molecular formula is C10H22N2. The maximum Gasteiger partial charge on any atom is 0.00471 e. The SMILES string of the molecule is CC(N)C1CC(N)CC(C)(C)C1. The highest BCUT2D eigenvalue weighted by Crippen LogP contribution is 2.38. The van der Waals surface area contributed by atoms with Crippen LogP contribution in [0.4, 0.5) is 0 Å². The van der Waals surface area contributed by atoms with Crippen LogP contribution in [0.2, 0.25) is 0 Å². The molecule has 0 saturated heterocycles. The minimum atomic E-state index is 0.302. The average Bonchev–Trinajstić information content (AvgIpc) is 1.82. The van der Waals surface area contributed by atoms with Crippen molar-refractivity contribution in [2.75, 3.05) is 0 Å². The fourth-order valence-corrected chi connectivity index (χ4v) is 2.46. The molecule has 0 aromatic rings. The summed E-state index contributed by atoms with van der Waals surface area (Å²) in [5, 5.41) is 0. The summed E-state index contributed by atoms with van der Waals surface area (Å²) in [5.41, 5.74) is 12.3.